The monoisotopic (exact) mass is 519 g/mol. The Morgan fingerprint density at radius 2 is 1.72 bits per heavy atom. The molecule has 0 bridgehead atoms. The molecule has 3 unspecified atom stereocenters. The van der Waals surface area contributed by atoms with Crippen LogP contribution >= 0.6 is 23.2 Å². The van der Waals surface area contributed by atoms with Crippen molar-refractivity contribution in [1.29, 1.82) is 0 Å². The van der Waals surface area contributed by atoms with Crippen LogP contribution in [0.2, 0.25) is 10.0 Å². The van der Waals surface area contributed by atoms with Crippen LogP contribution in [0.5, 0.6) is 0 Å². The second-order valence-corrected chi connectivity index (χ2v) is 11.0. The van der Waals surface area contributed by atoms with E-state index in [4.69, 9.17) is 23.2 Å². The fourth-order valence-electron chi connectivity index (χ4n) is 5.84. The molecule has 0 spiro atoms. The summed E-state index contributed by atoms with van der Waals surface area (Å²) in [5.41, 5.74) is 3.85. The molecule has 1 saturated heterocycles. The standard InChI is InChI=1S/C31H31Cl2NO2/c32-25-12-10-23(11-13-25)30(28-19-24-18-26(33)14-9-22(24)7-4-8-29(28)35)31(36)15-16-34-27(20-31)17-21-5-2-1-3-6-21/h1-3,5-6,9-14,18-19,27,30,34,36H,4,7-8,15-17,20H2/b28-19+. The van der Waals surface area contributed by atoms with Gasteiger partial charge in [-0.25, -0.2) is 0 Å². The number of hydrogen-bond donors (Lipinski definition) is 2. The Hall–Kier alpha value is -2.43. The van der Waals surface area contributed by atoms with E-state index < -0.39 is 11.5 Å². The van der Waals surface area contributed by atoms with Crippen molar-refractivity contribution >= 4 is 35.1 Å². The lowest BCUT2D eigenvalue weighted by Gasteiger charge is -2.44. The molecule has 0 saturated carbocycles. The minimum Gasteiger partial charge on any atom is -0.389 e. The molecule has 3 atom stereocenters. The van der Waals surface area contributed by atoms with Crippen molar-refractivity contribution in [2.75, 3.05) is 6.54 Å². The molecule has 5 heteroatoms. The van der Waals surface area contributed by atoms with Crippen molar-refractivity contribution < 1.29 is 9.90 Å². The van der Waals surface area contributed by atoms with Gasteiger partial charge in [-0.2, -0.15) is 0 Å². The van der Waals surface area contributed by atoms with E-state index in [0.29, 0.717) is 41.4 Å². The van der Waals surface area contributed by atoms with Crippen molar-refractivity contribution in [3.63, 3.8) is 0 Å². The molecule has 0 aromatic heterocycles. The van der Waals surface area contributed by atoms with Gasteiger partial charge in [-0.1, -0.05) is 71.7 Å². The molecule has 3 aromatic rings. The molecular weight excluding hydrogens is 489 g/mol. The van der Waals surface area contributed by atoms with Gasteiger partial charge in [0.2, 0.25) is 0 Å². The largest absolute Gasteiger partial charge is 0.389 e. The van der Waals surface area contributed by atoms with Crippen molar-refractivity contribution in [2.24, 2.45) is 0 Å². The Bertz CT molecular complexity index is 1260. The van der Waals surface area contributed by atoms with Gasteiger partial charge in [-0.05, 0) is 91.2 Å². The Morgan fingerprint density at radius 1 is 0.972 bits per heavy atom. The van der Waals surface area contributed by atoms with Crippen LogP contribution in [-0.2, 0) is 17.6 Å². The van der Waals surface area contributed by atoms with Crippen LogP contribution < -0.4 is 5.32 Å². The summed E-state index contributed by atoms with van der Waals surface area (Å²) >= 11 is 12.6. The average molecular weight is 521 g/mol. The van der Waals surface area contributed by atoms with Gasteiger partial charge in [0.05, 0.1) is 5.60 Å². The molecule has 36 heavy (non-hydrogen) atoms. The minimum absolute atomic E-state index is 0.0899. The number of rotatable bonds is 5. The lowest BCUT2D eigenvalue weighted by atomic mass is 9.68. The van der Waals surface area contributed by atoms with Crippen LogP contribution in [0.15, 0.2) is 78.4 Å². The number of benzene rings is 3. The molecule has 1 fully saturated rings. The number of aliphatic hydroxyl groups is 1. The average Bonchev–Trinajstić information content (AvgIpc) is 2.85. The highest BCUT2D eigenvalue weighted by Crippen LogP contribution is 2.44. The Kier molecular flexibility index (Phi) is 7.64. The first-order chi connectivity index (χ1) is 17.4. The van der Waals surface area contributed by atoms with Crippen LogP contribution in [0.4, 0.5) is 0 Å². The summed E-state index contributed by atoms with van der Waals surface area (Å²) in [6.45, 7) is 0.683. The van der Waals surface area contributed by atoms with Crippen LogP contribution in [0.25, 0.3) is 6.08 Å². The molecule has 1 heterocycles. The Balaban J connectivity index is 1.58. The Labute approximate surface area is 223 Å². The molecule has 0 amide bonds. The summed E-state index contributed by atoms with van der Waals surface area (Å²) in [6, 6.07) is 23.9. The lowest BCUT2D eigenvalue weighted by molar-refractivity contribution is -0.117. The fourth-order valence-corrected chi connectivity index (χ4v) is 6.14. The van der Waals surface area contributed by atoms with Crippen LogP contribution in [0.3, 0.4) is 0 Å². The molecule has 3 nitrogen and oxygen atoms in total. The van der Waals surface area contributed by atoms with E-state index in [9.17, 15) is 9.90 Å². The zero-order valence-electron chi connectivity index (χ0n) is 20.2. The minimum atomic E-state index is -1.09. The van der Waals surface area contributed by atoms with Gasteiger partial charge in [0, 0.05) is 34.0 Å². The van der Waals surface area contributed by atoms with Crippen molar-refractivity contribution in [3.8, 4) is 0 Å². The number of piperidine rings is 1. The van der Waals surface area contributed by atoms with E-state index in [1.54, 1.807) is 0 Å². The number of aryl methyl sites for hydroxylation is 1. The normalized spacial score (nSPS) is 24.7. The van der Waals surface area contributed by atoms with Crippen LogP contribution in [-0.4, -0.2) is 29.1 Å². The van der Waals surface area contributed by atoms with Crippen molar-refractivity contribution in [1.82, 2.24) is 5.32 Å². The summed E-state index contributed by atoms with van der Waals surface area (Å²) in [4.78, 5) is 13.6. The third-order valence-corrected chi connectivity index (χ3v) is 8.05. The van der Waals surface area contributed by atoms with E-state index in [-0.39, 0.29) is 11.8 Å². The second kappa shape index (κ2) is 10.9. The fraction of sp³-hybridized carbons (Fsp3) is 0.323. The van der Waals surface area contributed by atoms with Gasteiger partial charge in [0.15, 0.2) is 5.78 Å². The van der Waals surface area contributed by atoms with E-state index in [0.717, 1.165) is 30.4 Å². The first kappa shape index (κ1) is 25.2. The maximum absolute atomic E-state index is 13.6. The van der Waals surface area contributed by atoms with Crippen molar-refractivity contribution in [2.45, 2.75) is 56.1 Å². The molecule has 0 radical (unpaired) electrons. The van der Waals surface area contributed by atoms with E-state index in [2.05, 4.69) is 17.4 Å². The van der Waals surface area contributed by atoms with Gasteiger partial charge in [-0.15, -0.1) is 0 Å². The number of hydrogen-bond acceptors (Lipinski definition) is 3. The highest BCUT2D eigenvalue weighted by molar-refractivity contribution is 6.31. The number of carbonyl (C=O) groups excluding carboxylic acids is 1. The third kappa shape index (κ3) is 5.60. The number of ketones is 1. The van der Waals surface area contributed by atoms with Gasteiger partial charge >= 0.3 is 0 Å². The molecule has 186 valence electrons. The summed E-state index contributed by atoms with van der Waals surface area (Å²) in [5, 5.41) is 17.2. The van der Waals surface area contributed by atoms with E-state index >= 15 is 0 Å². The zero-order valence-corrected chi connectivity index (χ0v) is 21.7. The summed E-state index contributed by atoms with van der Waals surface area (Å²) in [7, 11) is 0. The van der Waals surface area contributed by atoms with Crippen molar-refractivity contribution in [3.05, 3.63) is 111 Å². The molecule has 5 rings (SSSR count). The number of nitrogens with one attached hydrogen (secondary N) is 1. The van der Waals surface area contributed by atoms with Crippen LogP contribution in [0, 0.1) is 0 Å². The lowest BCUT2D eigenvalue weighted by Crippen LogP contribution is -2.52. The summed E-state index contributed by atoms with van der Waals surface area (Å²) in [6.07, 6.45) is 5.96. The predicted molar refractivity (Wildman–Crippen MR) is 148 cm³/mol. The number of halogens is 2. The van der Waals surface area contributed by atoms with E-state index in [1.165, 1.54) is 11.1 Å². The molecule has 2 aliphatic rings. The number of fused-ring (bicyclic) bond motifs is 1. The molecule has 1 aliphatic carbocycles. The first-order valence-corrected chi connectivity index (χ1v) is 13.5. The smallest absolute Gasteiger partial charge is 0.159 e. The van der Waals surface area contributed by atoms with Gasteiger partial charge in [0.25, 0.3) is 0 Å². The highest BCUT2D eigenvalue weighted by atomic mass is 35.5. The maximum Gasteiger partial charge on any atom is 0.159 e. The highest BCUT2D eigenvalue weighted by Gasteiger charge is 2.45. The quantitative estimate of drug-likeness (QED) is 0.390. The SMILES string of the molecule is O=C1CCCc2ccc(Cl)cc2/C=C\1C(c1ccc(Cl)cc1)C1(O)CCNC(Cc2ccccc2)C1. The van der Waals surface area contributed by atoms with Gasteiger partial charge < -0.3 is 10.4 Å². The topological polar surface area (TPSA) is 49.3 Å². The summed E-state index contributed by atoms with van der Waals surface area (Å²) in [5.74, 6) is -0.375. The number of Topliss-reactive ketones (excluding diaryl/α,β-unsaturated/α-hetero) is 1. The first-order valence-electron chi connectivity index (χ1n) is 12.7. The van der Waals surface area contributed by atoms with Gasteiger partial charge in [-0.3, -0.25) is 4.79 Å². The Morgan fingerprint density at radius 3 is 2.50 bits per heavy atom. The van der Waals surface area contributed by atoms with Gasteiger partial charge in [0.1, 0.15) is 0 Å². The number of carbonyl (C=O) groups is 1. The molecule has 1 aliphatic heterocycles. The maximum atomic E-state index is 13.6. The van der Waals surface area contributed by atoms with Crippen LogP contribution in [0.1, 0.15) is 53.9 Å². The molecular formula is C31H31Cl2NO2. The molecule has 2 N–H and O–H groups in total. The second-order valence-electron chi connectivity index (χ2n) is 10.1. The molecule has 3 aromatic carbocycles. The summed E-state index contributed by atoms with van der Waals surface area (Å²) < 4.78 is 0. The van der Waals surface area contributed by atoms with E-state index in [1.807, 2.05) is 66.7 Å². The predicted octanol–water partition coefficient (Wildman–Crippen LogP) is 6.79. The zero-order chi connectivity index (χ0) is 25.1. The third-order valence-electron chi connectivity index (χ3n) is 7.56.